The lowest BCUT2D eigenvalue weighted by atomic mass is 9.88. The molecule has 3 amide bonds. The molecule has 1 N–H and O–H groups in total. The van der Waals surface area contributed by atoms with E-state index in [-0.39, 0.29) is 31.9 Å². The molecule has 2 fully saturated rings. The van der Waals surface area contributed by atoms with Crippen molar-refractivity contribution in [1.82, 2.24) is 15.1 Å². The monoisotopic (exact) mass is 669 g/mol. The molecule has 4 atom stereocenters. The minimum Gasteiger partial charge on any atom is -0.447 e. The van der Waals surface area contributed by atoms with Gasteiger partial charge in [0, 0.05) is 6.54 Å². The summed E-state index contributed by atoms with van der Waals surface area (Å²) >= 11 is 0. The molecule has 0 bridgehead atoms. The number of rotatable bonds is 12. The van der Waals surface area contributed by atoms with Crippen LogP contribution in [0.4, 0.5) is 18.0 Å². The number of amides is 3. The van der Waals surface area contributed by atoms with Crippen LogP contribution in [0.15, 0.2) is 121 Å². The summed E-state index contributed by atoms with van der Waals surface area (Å²) in [6.45, 7) is -0.196. The van der Waals surface area contributed by atoms with Gasteiger partial charge in [0.1, 0.15) is 18.7 Å². The number of nitrogens with one attached hydrogen (secondary N) is 1. The van der Waals surface area contributed by atoms with Crippen LogP contribution in [-0.2, 0) is 38.4 Å². The molecule has 11 heteroatoms. The van der Waals surface area contributed by atoms with Crippen molar-refractivity contribution < 1.29 is 37.0 Å². The van der Waals surface area contributed by atoms with Crippen LogP contribution in [0.25, 0.3) is 6.08 Å². The second kappa shape index (κ2) is 14.8. The SMILES string of the molecule is O=C(NCc1cccc(C(F)(F)F)c1)C(COCc1ccccc1)N1C(=O)[C@@H](N2C(=O)OC[C@@H]2c2ccccc2)[C@H]1/C=C/c1ccccc1. The van der Waals surface area contributed by atoms with E-state index >= 15 is 0 Å². The van der Waals surface area contributed by atoms with E-state index in [1.807, 2.05) is 97.1 Å². The fourth-order valence-corrected chi connectivity index (χ4v) is 6.11. The third kappa shape index (κ3) is 7.68. The Kier molecular flexibility index (Phi) is 10.1. The predicted molar refractivity (Wildman–Crippen MR) is 175 cm³/mol. The second-order valence-corrected chi connectivity index (χ2v) is 11.8. The minimum atomic E-state index is -4.54. The molecule has 49 heavy (non-hydrogen) atoms. The number of hydrogen-bond donors (Lipinski definition) is 1. The summed E-state index contributed by atoms with van der Waals surface area (Å²) in [5.41, 5.74) is 1.90. The Morgan fingerprint density at radius 1 is 0.898 bits per heavy atom. The molecule has 4 aromatic carbocycles. The van der Waals surface area contributed by atoms with Gasteiger partial charge in [0.15, 0.2) is 0 Å². The molecule has 0 radical (unpaired) electrons. The summed E-state index contributed by atoms with van der Waals surface area (Å²) in [7, 11) is 0. The van der Waals surface area contributed by atoms with Gasteiger partial charge in [-0.1, -0.05) is 115 Å². The van der Waals surface area contributed by atoms with Crippen LogP contribution in [0.1, 0.15) is 33.9 Å². The van der Waals surface area contributed by atoms with Crippen LogP contribution >= 0.6 is 0 Å². The highest BCUT2D eigenvalue weighted by atomic mass is 19.4. The molecule has 252 valence electrons. The minimum absolute atomic E-state index is 0.0584. The largest absolute Gasteiger partial charge is 0.447 e. The zero-order chi connectivity index (χ0) is 34.4. The Morgan fingerprint density at radius 2 is 1.55 bits per heavy atom. The van der Waals surface area contributed by atoms with Gasteiger partial charge in [-0.2, -0.15) is 13.2 Å². The average molecular weight is 670 g/mol. The van der Waals surface area contributed by atoms with Crippen molar-refractivity contribution in [2.45, 2.75) is 43.5 Å². The molecule has 2 saturated heterocycles. The van der Waals surface area contributed by atoms with E-state index in [4.69, 9.17) is 9.47 Å². The van der Waals surface area contributed by atoms with Gasteiger partial charge in [-0.25, -0.2) is 4.79 Å². The summed E-state index contributed by atoms with van der Waals surface area (Å²) < 4.78 is 51.5. The Bertz CT molecular complexity index is 1790. The number of likely N-dealkylation sites (tertiary alicyclic amines) is 1. The number of cyclic esters (lactones) is 1. The summed E-state index contributed by atoms with van der Waals surface area (Å²) in [4.78, 5) is 44.1. The van der Waals surface area contributed by atoms with E-state index in [2.05, 4.69) is 5.32 Å². The third-order valence-corrected chi connectivity index (χ3v) is 8.58. The number of halogens is 3. The van der Waals surface area contributed by atoms with Crippen LogP contribution in [0.2, 0.25) is 0 Å². The molecule has 1 unspecified atom stereocenters. The molecule has 2 aliphatic rings. The molecule has 8 nitrogen and oxygen atoms in total. The van der Waals surface area contributed by atoms with Gasteiger partial charge in [-0.3, -0.25) is 14.5 Å². The maximum Gasteiger partial charge on any atom is 0.416 e. The summed E-state index contributed by atoms with van der Waals surface area (Å²) in [6.07, 6.45) is -1.59. The quantitative estimate of drug-likeness (QED) is 0.177. The highest BCUT2D eigenvalue weighted by Gasteiger charge is 2.58. The first-order valence-electron chi connectivity index (χ1n) is 15.8. The fraction of sp³-hybridized carbons (Fsp3) is 0.237. The van der Waals surface area contributed by atoms with E-state index in [1.54, 1.807) is 6.08 Å². The van der Waals surface area contributed by atoms with Gasteiger partial charge >= 0.3 is 12.3 Å². The third-order valence-electron chi connectivity index (χ3n) is 8.58. The smallest absolute Gasteiger partial charge is 0.416 e. The topological polar surface area (TPSA) is 88.2 Å². The summed E-state index contributed by atoms with van der Waals surface area (Å²) in [5, 5.41) is 2.71. The maximum atomic E-state index is 14.2. The molecule has 0 aliphatic carbocycles. The molecule has 0 saturated carbocycles. The van der Waals surface area contributed by atoms with Crippen molar-refractivity contribution in [3.63, 3.8) is 0 Å². The fourth-order valence-electron chi connectivity index (χ4n) is 6.11. The molecule has 6 rings (SSSR count). The van der Waals surface area contributed by atoms with Crippen LogP contribution in [0, 0.1) is 0 Å². The number of alkyl halides is 3. The van der Waals surface area contributed by atoms with Crippen molar-refractivity contribution in [1.29, 1.82) is 0 Å². The van der Waals surface area contributed by atoms with E-state index in [0.717, 1.165) is 28.8 Å². The predicted octanol–water partition coefficient (Wildman–Crippen LogP) is 6.39. The number of ether oxygens (including phenoxy) is 2. The lowest BCUT2D eigenvalue weighted by molar-refractivity contribution is -0.165. The highest BCUT2D eigenvalue weighted by Crippen LogP contribution is 2.38. The van der Waals surface area contributed by atoms with Gasteiger partial charge in [-0.15, -0.1) is 0 Å². The first-order chi connectivity index (χ1) is 23.7. The highest BCUT2D eigenvalue weighted by molar-refractivity contribution is 5.98. The first kappa shape index (κ1) is 33.5. The zero-order valence-corrected chi connectivity index (χ0v) is 26.3. The first-order valence-corrected chi connectivity index (χ1v) is 15.8. The maximum absolute atomic E-state index is 14.2. The molecular weight excluding hydrogens is 635 g/mol. The molecule has 0 spiro atoms. The molecular formula is C38H34F3N3O5. The molecule has 0 aromatic heterocycles. The standard InChI is InChI=1S/C38H34F3N3O5/c39-38(40,41)30-18-10-15-28(21-30)22-42-35(45)33(24-48-23-27-13-6-2-7-14-27)43-31(20-19-26-11-4-1-5-12-26)34(36(43)46)44-32(25-49-37(44)47)29-16-8-3-9-17-29/h1-21,31-34H,22-25H2,(H,42,45)/b20-19+/t31-,32-,33?,34+/m1/s1. The van der Waals surface area contributed by atoms with Crippen molar-refractivity contribution in [2.75, 3.05) is 13.2 Å². The molecule has 4 aromatic rings. The number of hydrogen-bond acceptors (Lipinski definition) is 5. The normalized spacial score (nSPS) is 19.9. The average Bonchev–Trinajstić information content (AvgIpc) is 3.49. The molecule has 2 aliphatic heterocycles. The van der Waals surface area contributed by atoms with Crippen LogP contribution in [0.5, 0.6) is 0 Å². The Hall–Kier alpha value is -5.42. The summed E-state index contributed by atoms with van der Waals surface area (Å²) in [6, 6.07) is 29.2. The number of nitrogens with zero attached hydrogens (tertiary/aromatic N) is 2. The number of carbonyl (C=O) groups excluding carboxylic acids is 3. The Labute approximate surface area is 281 Å². The lowest BCUT2D eigenvalue weighted by Gasteiger charge is -2.52. The van der Waals surface area contributed by atoms with E-state index in [0.29, 0.717) is 0 Å². The van der Waals surface area contributed by atoms with E-state index < -0.39 is 53.8 Å². The van der Waals surface area contributed by atoms with Crippen molar-refractivity contribution in [2.24, 2.45) is 0 Å². The van der Waals surface area contributed by atoms with Gasteiger partial charge < -0.3 is 19.7 Å². The zero-order valence-electron chi connectivity index (χ0n) is 26.3. The van der Waals surface area contributed by atoms with Gasteiger partial charge in [0.2, 0.25) is 11.8 Å². The van der Waals surface area contributed by atoms with Gasteiger partial charge in [0.05, 0.1) is 30.9 Å². The Morgan fingerprint density at radius 3 is 2.24 bits per heavy atom. The van der Waals surface area contributed by atoms with E-state index in [1.165, 1.54) is 21.9 Å². The van der Waals surface area contributed by atoms with Crippen molar-refractivity contribution in [3.05, 3.63) is 149 Å². The van der Waals surface area contributed by atoms with E-state index in [9.17, 15) is 27.6 Å². The number of carbonyl (C=O) groups is 3. The lowest BCUT2D eigenvalue weighted by Crippen LogP contribution is -2.74. The van der Waals surface area contributed by atoms with Crippen molar-refractivity contribution >= 4 is 24.0 Å². The van der Waals surface area contributed by atoms with Gasteiger partial charge in [-0.05, 0) is 34.4 Å². The number of benzene rings is 4. The second-order valence-electron chi connectivity index (χ2n) is 11.8. The Balaban J connectivity index is 1.30. The molecule has 2 heterocycles. The van der Waals surface area contributed by atoms with Crippen LogP contribution < -0.4 is 5.32 Å². The number of β-lactam (4-membered cyclic amide) rings is 1. The summed E-state index contributed by atoms with van der Waals surface area (Å²) in [5.74, 6) is -1.09. The van der Waals surface area contributed by atoms with Crippen LogP contribution in [0.3, 0.4) is 0 Å². The van der Waals surface area contributed by atoms with Crippen LogP contribution in [-0.4, -0.2) is 59.0 Å². The van der Waals surface area contributed by atoms with Crippen molar-refractivity contribution in [3.8, 4) is 0 Å². The van der Waals surface area contributed by atoms with Gasteiger partial charge in [0.25, 0.3) is 0 Å².